The van der Waals surface area contributed by atoms with E-state index in [-0.39, 0.29) is 0 Å². The number of nitrogens with zero attached hydrogens (tertiary/aromatic N) is 2. The second-order valence-corrected chi connectivity index (χ2v) is 5.01. The van der Waals surface area contributed by atoms with E-state index >= 15 is 0 Å². The number of aromatic nitrogens is 3. The molecule has 96 valence electrons. The summed E-state index contributed by atoms with van der Waals surface area (Å²) in [5.74, 6) is 0. The molecule has 0 saturated carbocycles. The van der Waals surface area contributed by atoms with Crippen molar-refractivity contribution in [2.75, 3.05) is 0 Å². The van der Waals surface area contributed by atoms with Crippen LogP contribution in [0.3, 0.4) is 0 Å². The van der Waals surface area contributed by atoms with Gasteiger partial charge < -0.3 is 0 Å². The Morgan fingerprint density at radius 3 is 2.85 bits per heavy atom. The minimum atomic E-state index is 1.08. The van der Waals surface area contributed by atoms with E-state index in [1.54, 1.807) is 0 Å². The highest BCUT2D eigenvalue weighted by atomic mass is 15.1. The summed E-state index contributed by atoms with van der Waals surface area (Å²) >= 11 is 0. The molecule has 3 heteroatoms. The Kier molecular flexibility index (Phi) is 2.33. The van der Waals surface area contributed by atoms with Crippen molar-refractivity contribution in [2.24, 2.45) is 0 Å². The number of hydrogen-bond acceptors (Lipinski definition) is 2. The third-order valence-corrected chi connectivity index (χ3v) is 3.85. The quantitative estimate of drug-likeness (QED) is 0.559. The molecule has 3 nitrogen and oxygen atoms in total. The number of fused-ring (bicyclic) bond motifs is 2. The van der Waals surface area contributed by atoms with Crippen molar-refractivity contribution in [1.82, 2.24) is 15.2 Å². The summed E-state index contributed by atoms with van der Waals surface area (Å²) < 4.78 is 0. The Morgan fingerprint density at radius 1 is 0.950 bits per heavy atom. The highest BCUT2D eigenvalue weighted by molar-refractivity contribution is 5.92. The minimum absolute atomic E-state index is 1.08. The van der Waals surface area contributed by atoms with Gasteiger partial charge in [0.15, 0.2) is 0 Å². The second kappa shape index (κ2) is 4.17. The standard InChI is InChI=1S/C17H13N3/c1-11-15(4-5-17-16(11)10-19-20-17)13-2-3-14-9-18-7-6-12(14)8-13/h2-10H,1H3,(H,19,20). The molecule has 0 atom stereocenters. The van der Waals surface area contributed by atoms with Crippen molar-refractivity contribution in [1.29, 1.82) is 0 Å². The summed E-state index contributed by atoms with van der Waals surface area (Å²) in [6.45, 7) is 2.14. The highest BCUT2D eigenvalue weighted by Crippen LogP contribution is 2.30. The van der Waals surface area contributed by atoms with Crippen LogP contribution in [0, 0.1) is 6.92 Å². The lowest BCUT2D eigenvalue weighted by molar-refractivity contribution is 1.12. The van der Waals surface area contributed by atoms with Crippen molar-refractivity contribution in [2.45, 2.75) is 6.92 Å². The van der Waals surface area contributed by atoms with Crippen LogP contribution in [0.25, 0.3) is 32.8 Å². The first-order valence-corrected chi connectivity index (χ1v) is 6.60. The van der Waals surface area contributed by atoms with Gasteiger partial charge in [0.1, 0.15) is 0 Å². The number of aromatic amines is 1. The van der Waals surface area contributed by atoms with Gasteiger partial charge in [0, 0.05) is 23.2 Å². The van der Waals surface area contributed by atoms with Crippen LogP contribution < -0.4 is 0 Å². The maximum atomic E-state index is 4.15. The SMILES string of the molecule is Cc1c(-c2ccc3cnccc3c2)ccc2[nH]ncc12. The first-order chi connectivity index (χ1) is 9.83. The Balaban J connectivity index is 1.98. The Morgan fingerprint density at radius 2 is 1.90 bits per heavy atom. The average Bonchev–Trinajstić information content (AvgIpc) is 2.97. The molecule has 0 fully saturated rings. The van der Waals surface area contributed by atoms with E-state index < -0.39 is 0 Å². The molecule has 0 spiro atoms. The maximum Gasteiger partial charge on any atom is 0.0653 e. The predicted octanol–water partition coefficient (Wildman–Crippen LogP) is 4.09. The van der Waals surface area contributed by atoms with Gasteiger partial charge in [0.25, 0.3) is 0 Å². The lowest BCUT2D eigenvalue weighted by Gasteiger charge is -2.08. The van der Waals surface area contributed by atoms with Gasteiger partial charge in [-0.05, 0) is 47.2 Å². The molecule has 0 aliphatic heterocycles. The second-order valence-electron chi connectivity index (χ2n) is 5.01. The number of aryl methyl sites for hydroxylation is 1. The molecule has 4 rings (SSSR count). The maximum absolute atomic E-state index is 4.15. The monoisotopic (exact) mass is 259 g/mol. The fourth-order valence-electron chi connectivity index (χ4n) is 2.72. The molecule has 0 aliphatic carbocycles. The summed E-state index contributed by atoms with van der Waals surface area (Å²) in [6.07, 6.45) is 5.61. The zero-order chi connectivity index (χ0) is 13.5. The number of hydrogen-bond donors (Lipinski definition) is 1. The van der Waals surface area contributed by atoms with E-state index in [0.717, 1.165) is 5.52 Å². The lowest BCUT2D eigenvalue weighted by atomic mass is 9.96. The third-order valence-electron chi connectivity index (χ3n) is 3.85. The molecular weight excluding hydrogens is 246 g/mol. The molecule has 2 aromatic heterocycles. The van der Waals surface area contributed by atoms with Crippen molar-refractivity contribution < 1.29 is 0 Å². The average molecular weight is 259 g/mol. The molecule has 0 unspecified atom stereocenters. The summed E-state index contributed by atoms with van der Waals surface area (Å²) in [6, 6.07) is 12.8. The van der Waals surface area contributed by atoms with Crippen LogP contribution >= 0.6 is 0 Å². The minimum Gasteiger partial charge on any atom is -0.278 e. The van der Waals surface area contributed by atoms with E-state index in [1.807, 2.05) is 24.7 Å². The molecule has 0 amide bonds. The fourth-order valence-corrected chi connectivity index (χ4v) is 2.72. The van der Waals surface area contributed by atoms with Crippen LogP contribution in [-0.4, -0.2) is 15.2 Å². The topological polar surface area (TPSA) is 41.6 Å². The first-order valence-electron chi connectivity index (χ1n) is 6.60. The van der Waals surface area contributed by atoms with Crippen LogP contribution in [0.1, 0.15) is 5.56 Å². The first kappa shape index (κ1) is 11.2. The molecule has 4 aromatic rings. The van der Waals surface area contributed by atoms with Gasteiger partial charge in [-0.2, -0.15) is 5.10 Å². The number of rotatable bonds is 1. The van der Waals surface area contributed by atoms with Gasteiger partial charge in [-0.1, -0.05) is 18.2 Å². The Hall–Kier alpha value is -2.68. The van der Waals surface area contributed by atoms with Crippen molar-refractivity contribution in [3.05, 3.63) is 60.6 Å². The normalized spacial score (nSPS) is 11.2. The Bertz CT molecular complexity index is 922. The molecule has 2 heterocycles. The van der Waals surface area contributed by atoms with E-state index in [1.165, 1.54) is 32.8 Å². The zero-order valence-electron chi connectivity index (χ0n) is 11.1. The summed E-state index contributed by atoms with van der Waals surface area (Å²) in [5.41, 5.74) is 4.81. The highest BCUT2D eigenvalue weighted by Gasteiger charge is 2.07. The number of benzene rings is 2. The predicted molar refractivity (Wildman–Crippen MR) is 81.6 cm³/mol. The molecular formula is C17H13N3. The smallest absolute Gasteiger partial charge is 0.0653 e. The Labute approximate surface area is 116 Å². The van der Waals surface area contributed by atoms with Gasteiger partial charge in [-0.15, -0.1) is 0 Å². The molecule has 0 radical (unpaired) electrons. The lowest BCUT2D eigenvalue weighted by Crippen LogP contribution is -1.85. The van der Waals surface area contributed by atoms with Crippen LogP contribution in [0.4, 0.5) is 0 Å². The zero-order valence-corrected chi connectivity index (χ0v) is 11.1. The molecule has 2 aromatic carbocycles. The van der Waals surface area contributed by atoms with E-state index in [4.69, 9.17) is 0 Å². The fraction of sp³-hybridized carbons (Fsp3) is 0.0588. The van der Waals surface area contributed by atoms with E-state index in [2.05, 4.69) is 52.4 Å². The van der Waals surface area contributed by atoms with E-state index in [9.17, 15) is 0 Å². The van der Waals surface area contributed by atoms with Crippen molar-refractivity contribution in [3.8, 4) is 11.1 Å². The van der Waals surface area contributed by atoms with Crippen LogP contribution in [0.2, 0.25) is 0 Å². The summed E-state index contributed by atoms with van der Waals surface area (Å²) in [4.78, 5) is 4.15. The summed E-state index contributed by atoms with van der Waals surface area (Å²) in [5, 5.41) is 10.7. The molecule has 20 heavy (non-hydrogen) atoms. The van der Waals surface area contributed by atoms with Gasteiger partial charge >= 0.3 is 0 Å². The van der Waals surface area contributed by atoms with Gasteiger partial charge in [0.2, 0.25) is 0 Å². The van der Waals surface area contributed by atoms with Gasteiger partial charge in [-0.25, -0.2) is 0 Å². The van der Waals surface area contributed by atoms with Gasteiger partial charge in [0.05, 0.1) is 11.7 Å². The van der Waals surface area contributed by atoms with E-state index in [0.29, 0.717) is 0 Å². The number of nitrogens with one attached hydrogen (secondary N) is 1. The summed E-state index contributed by atoms with van der Waals surface area (Å²) in [7, 11) is 0. The van der Waals surface area contributed by atoms with Crippen LogP contribution in [0.5, 0.6) is 0 Å². The van der Waals surface area contributed by atoms with Crippen molar-refractivity contribution in [3.63, 3.8) is 0 Å². The third kappa shape index (κ3) is 1.60. The van der Waals surface area contributed by atoms with Crippen molar-refractivity contribution >= 4 is 21.7 Å². The van der Waals surface area contributed by atoms with Crippen LogP contribution in [0.15, 0.2) is 55.0 Å². The number of H-pyrrole nitrogens is 1. The molecule has 1 N–H and O–H groups in total. The number of pyridine rings is 1. The largest absolute Gasteiger partial charge is 0.278 e. The van der Waals surface area contributed by atoms with Gasteiger partial charge in [-0.3, -0.25) is 10.1 Å². The van der Waals surface area contributed by atoms with Crippen LogP contribution in [-0.2, 0) is 0 Å². The molecule has 0 aliphatic rings. The molecule has 0 saturated heterocycles. The molecule has 0 bridgehead atoms.